The molecule has 0 unspecified atom stereocenters. The van der Waals surface area contributed by atoms with Crippen LogP contribution in [-0.2, 0) is 0 Å². The third-order valence-corrected chi connectivity index (χ3v) is 3.41. The molecule has 114 valence electrons. The summed E-state index contributed by atoms with van der Waals surface area (Å²) in [5, 5.41) is 10.4. The number of halogens is 2. The van der Waals surface area contributed by atoms with Gasteiger partial charge in [-0.2, -0.15) is 0 Å². The first-order chi connectivity index (χ1) is 10.5. The van der Waals surface area contributed by atoms with Crippen molar-refractivity contribution in [2.24, 2.45) is 0 Å². The van der Waals surface area contributed by atoms with Crippen molar-refractivity contribution in [3.63, 3.8) is 0 Å². The lowest BCUT2D eigenvalue weighted by Crippen LogP contribution is -1.94. The Balaban J connectivity index is 2.24. The average molecular weight is 337 g/mol. The van der Waals surface area contributed by atoms with E-state index in [4.69, 9.17) is 27.9 Å². The smallest absolute Gasteiger partial charge is 0.185 e. The van der Waals surface area contributed by atoms with Crippen LogP contribution < -0.4 is 4.74 Å². The first-order valence-corrected chi connectivity index (χ1v) is 7.40. The molecule has 22 heavy (non-hydrogen) atoms. The first-order valence-electron chi connectivity index (χ1n) is 6.64. The van der Waals surface area contributed by atoms with Gasteiger partial charge in [0.15, 0.2) is 17.3 Å². The molecule has 2 rings (SSSR count). The van der Waals surface area contributed by atoms with Gasteiger partial charge in [-0.25, -0.2) is 0 Å². The van der Waals surface area contributed by atoms with Gasteiger partial charge in [0, 0.05) is 10.6 Å². The number of benzene rings is 2. The fourth-order valence-electron chi connectivity index (χ4n) is 1.87. The van der Waals surface area contributed by atoms with Gasteiger partial charge >= 0.3 is 0 Å². The van der Waals surface area contributed by atoms with Crippen molar-refractivity contribution in [1.29, 1.82) is 0 Å². The van der Waals surface area contributed by atoms with Gasteiger partial charge in [0.1, 0.15) is 0 Å². The minimum atomic E-state index is -0.176. The summed E-state index contributed by atoms with van der Waals surface area (Å²) in [6, 6.07) is 9.88. The normalized spacial score (nSPS) is 10.9. The van der Waals surface area contributed by atoms with E-state index in [0.717, 1.165) is 0 Å². The van der Waals surface area contributed by atoms with Crippen LogP contribution in [0.5, 0.6) is 11.5 Å². The standard InChI is InChI=1S/C17H14Cl2O3/c1-2-22-16-9-11(8-14(19)17(16)21)6-7-15(20)12-4-3-5-13(18)10-12/h3-10,21H,2H2,1H3/b7-6+. The van der Waals surface area contributed by atoms with Crippen molar-refractivity contribution < 1.29 is 14.6 Å². The Morgan fingerprint density at radius 1 is 1.27 bits per heavy atom. The molecule has 0 atom stereocenters. The van der Waals surface area contributed by atoms with Crippen molar-refractivity contribution >= 4 is 35.1 Å². The molecule has 3 nitrogen and oxygen atoms in total. The largest absolute Gasteiger partial charge is 0.503 e. The number of aromatic hydroxyl groups is 1. The molecule has 0 saturated heterocycles. The van der Waals surface area contributed by atoms with Crippen LogP contribution in [0.2, 0.25) is 10.0 Å². The number of ketones is 1. The molecule has 1 N–H and O–H groups in total. The molecule has 0 spiro atoms. The molecular formula is C17H14Cl2O3. The highest BCUT2D eigenvalue weighted by Crippen LogP contribution is 2.35. The predicted octanol–water partition coefficient (Wildman–Crippen LogP) is 4.99. The summed E-state index contributed by atoms with van der Waals surface area (Å²) in [4.78, 5) is 12.1. The van der Waals surface area contributed by atoms with Crippen LogP contribution in [-0.4, -0.2) is 17.5 Å². The summed E-state index contributed by atoms with van der Waals surface area (Å²) in [7, 11) is 0. The molecule has 5 heteroatoms. The van der Waals surface area contributed by atoms with Gasteiger partial charge in [-0.05, 0) is 42.8 Å². The lowest BCUT2D eigenvalue weighted by Gasteiger charge is -2.08. The highest BCUT2D eigenvalue weighted by atomic mass is 35.5. The Morgan fingerprint density at radius 2 is 2.05 bits per heavy atom. The SMILES string of the molecule is CCOc1cc(/C=C/C(=O)c2cccc(Cl)c2)cc(Cl)c1O. The van der Waals surface area contributed by atoms with Gasteiger partial charge in [-0.1, -0.05) is 41.4 Å². The highest BCUT2D eigenvalue weighted by molar-refractivity contribution is 6.32. The molecule has 0 radical (unpaired) electrons. The van der Waals surface area contributed by atoms with E-state index in [0.29, 0.717) is 22.8 Å². The highest BCUT2D eigenvalue weighted by Gasteiger charge is 2.09. The van der Waals surface area contributed by atoms with Crippen LogP contribution in [0.1, 0.15) is 22.8 Å². The third kappa shape index (κ3) is 4.03. The minimum Gasteiger partial charge on any atom is -0.503 e. The second-order valence-corrected chi connectivity index (χ2v) is 5.33. The van der Waals surface area contributed by atoms with Crippen molar-refractivity contribution in [2.45, 2.75) is 6.92 Å². The van der Waals surface area contributed by atoms with E-state index in [1.54, 1.807) is 49.4 Å². The van der Waals surface area contributed by atoms with E-state index in [-0.39, 0.29) is 22.3 Å². The monoisotopic (exact) mass is 336 g/mol. The summed E-state index contributed by atoms with van der Waals surface area (Å²) >= 11 is 11.8. The van der Waals surface area contributed by atoms with E-state index >= 15 is 0 Å². The molecular weight excluding hydrogens is 323 g/mol. The first kappa shape index (κ1) is 16.4. The fraction of sp³-hybridized carbons (Fsp3) is 0.118. The Kier molecular flexibility index (Phi) is 5.47. The molecule has 0 saturated carbocycles. The van der Waals surface area contributed by atoms with Crippen LogP contribution >= 0.6 is 23.2 Å². The van der Waals surface area contributed by atoms with Crippen molar-refractivity contribution in [3.05, 3.63) is 63.6 Å². The van der Waals surface area contributed by atoms with Gasteiger partial charge in [0.25, 0.3) is 0 Å². The maximum Gasteiger partial charge on any atom is 0.185 e. The van der Waals surface area contributed by atoms with E-state index < -0.39 is 0 Å². The second kappa shape index (κ2) is 7.34. The molecule has 0 amide bonds. The third-order valence-electron chi connectivity index (χ3n) is 2.89. The molecule has 0 aliphatic carbocycles. The number of rotatable bonds is 5. The molecule has 0 heterocycles. The lowest BCUT2D eigenvalue weighted by molar-refractivity contribution is 0.104. The summed E-state index contributed by atoms with van der Waals surface area (Å²) in [5.74, 6) is -0.00338. The number of allylic oxidation sites excluding steroid dienone is 1. The van der Waals surface area contributed by atoms with Crippen molar-refractivity contribution in [2.75, 3.05) is 6.61 Å². The fourth-order valence-corrected chi connectivity index (χ4v) is 2.27. The topological polar surface area (TPSA) is 46.5 Å². The lowest BCUT2D eigenvalue weighted by atomic mass is 10.1. The summed E-state index contributed by atoms with van der Waals surface area (Å²) in [6.45, 7) is 2.21. The zero-order valence-corrected chi connectivity index (χ0v) is 13.4. The molecule has 0 bridgehead atoms. The van der Waals surface area contributed by atoms with Gasteiger partial charge < -0.3 is 9.84 Å². The molecule has 0 aromatic heterocycles. The Hall–Kier alpha value is -1.97. The number of carbonyl (C=O) groups excluding carboxylic acids is 1. The average Bonchev–Trinajstić information content (AvgIpc) is 2.49. The van der Waals surface area contributed by atoms with Crippen molar-refractivity contribution in [3.8, 4) is 11.5 Å². The maximum atomic E-state index is 12.1. The number of ether oxygens (including phenoxy) is 1. The Morgan fingerprint density at radius 3 is 2.73 bits per heavy atom. The van der Waals surface area contributed by atoms with Gasteiger partial charge in [0.05, 0.1) is 11.6 Å². The summed E-state index contributed by atoms with van der Waals surface area (Å²) in [6.07, 6.45) is 3.03. The molecule has 2 aromatic rings. The van der Waals surface area contributed by atoms with Gasteiger partial charge in [-0.3, -0.25) is 4.79 Å². The Bertz CT molecular complexity index is 724. The van der Waals surface area contributed by atoms with Crippen LogP contribution in [0.25, 0.3) is 6.08 Å². The maximum absolute atomic E-state index is 12.1. The minimum absolute atomic E-state index is 0.109. The van der Waals surface area contributed by atoms with Crippen molar-refractivity contribution in [1.82, 2.24) is 0 Å². The van der Waals surface area contributed by atoms with E-state index in [2.05, 4.69) is 0 Å². The summed E-state index contributed by atoms with van der Waals surface area (Å²) in [5.41, 5.74) is 1.15. The molecule has 2 aromatic carbocycles. The van der Waals surface area contributed by atoms with E-state index in [9.17, 15) is 9.90 Å². The van der Waals surface area contributed by atoms with E-state index in [1.807, 2.05) is 0 Å². The molecule has 0 aliphatic rings. The van der Waals surface area contributed by atoms with Crippen LogP contribution in [0.3, 0.4) is 0 Å². The van der Waals surface area contributed by atoms with Crippen LogP contribution in [0, 0.1) is 0 Å². The van der Waals surface area contributed by atoms with Gasteiger partial charge in [-0.15, -0.1) is 0 Å². The molecule has 0 fully saturated rings. The van der Waals surface area contributed by atoms with Crippen LogP contribution in [0.4, 0.5) is 0 Å². The predicted molar refractivity (Wildman–Crippen MR) is 89.1 cm³/mol. The Labute approximate surface area is 138 Å². The number of phenolic OH excluding ortho intramolecular Hbond substituents is 1. The van der Waals surface area contributed by atoms with Gasteiger partial charge in [0.2, 0.25) is 0 Å². The quantitative estimate of drug-likeness (QED) is 0.617. The zero-order valence-electron chi connectivity index (χ0n) is 11.8. The zero-order chi connectivity index (χ0) is 16.1. The number of carbonyl (C=O) groups is 1. The van der Waals surface area contributed by atoms with Crippen LogP contribution in [0.15, 0.2) is 42.5 Å². The number of hydrogen-bond donors (Lipinski definition) is 1. The molecule has 0 aliphatic heterocycles. The second-order valence-electron chi connectivity index (χ2n) is 4.49. The summed E-state index contributed by atoms with van der Waals surface area (Å²) < 4.78 is 5.29. The number of phenols is 1. The number of hydrogen-bond acceptors (Lipinski definition) is 3. The van der Waals surface area contributed by atoms with E-state index in [1.165, 1.54) is 6.08 Å².